The SMILES string of the molecule is NCCCCNCCC(N)OP(=O)(O)O. The zero-order valence-electron chi connectivity index (χ0n) is 8.63. The van der Waals surface area contributed by atoms with Crippen LogP contribution in [0, 0.1) is 0 Å². The summed E-state index contributed by atoms with van der Waals surface area (Å²) in [7, 11) is -4.46. The number of nitrogens with one attached hydrogen (secondary N) is 1. The number of phosphoric acid groups is 1. The summed E-state index contributed by atoms with van der Waals surface area (Å²) in [4.78, 5) is 16.9. The molecule has 0 bridgehead atoms. The van der Waals surface area contributed by atoms with Crippen molar-refractivity contribution < 1.29 is 18.9 Å². The maximum absolute atomic E-state index is 10.4. The minimum atomic E-state index is -4.46. The lowest BCUT2D eigenvalue weighted by atomic mass is 10.3. The Morgan fingerprint density at radius 1 is 1.33 bits per heavy atom. The Kier molecular flexibility index (Phi) is 8.17. The Bertz CT molecular complexity index is 199. The first-order chi connectivity index (χ1) is 6.95. The molecule has 0 aliphatic heterocycles. The van der Waals surface area contributed by atoms with Crippen molar-refractivity contribution in [3.8, 4) is 0 Å². The minimum absolute atomic E-state index is 0.355. The van der Waals surface area contributed by atoms with Crippen LogP contribution in [0.1, 0.15) is 19.3 Å². The van der Waals surface area contributed by atoms with Gasteiger partial charge in [0.1, 0.15) is 6.23 Å². The Hall–Kier alpha value is -0.0100. The molecule has 0 aromatic rings. The molecular weight excluding hydrogens is 221 g/mol. The van der Waals surface area contributed by atoms with Crippen LogP contribution in [0.5, 0.6) is 0 Å². The van der Waals surface area contributed by atoms with Crippen LogP contribution in [0.2, 0.25) is 0 Å². The standard InChI is InChI=1S/C7H20N3O4P/c8-4-1-2-5-10-6-3-7(9)14-15(11,12)13/h7,10H,1-6,8-9H2,(H2,11,12,13). The molecule has 0 aromatic carbocycles. The van der Waals surface area contributed by atoms with E-state index in [4.69, 9.17) is 21.3 Å². The molecule has 1 atom stereocenters. The molecule has 0 aromatic heterocycles. The van der Waals surface area contributed by atoms with Gasteiger partial charge in [-0.05, 0) is 38.9 Å². The number of rotatable bonds is 9. The first kappa shape index (κ1) is 15.0. The van der Waals surface area contributed by atoms with E-state index in [1.807, 2.05) is 0 Å². The van der Waals surface area contributed by atoms with Crippen molar-refractivity contribution in [3.63, 3.8) is 0 Å². The molecule has 0 spiro atoms. The average Bonchev–Trinajstić information content (AvgIpc) is 2.08. The van der Waals surface area contributed by atoms with Crippen LogP contribution in [0.3, 0.4) is 0 Å². The predicted octanol–water partition coefficient (Wildman–Crippen LogP) is -0.901. The summed E-state index contributed by atoms with van der Waals surface area (Å²) < 4.78 is 14.6. The summed E-state index contributed by atoms with van der Waals surface area (Å²) in [6, 6.07) is 0. The highest BCUT2D eigenvalue weighted by Gasteiger charge is 2.18. The van der Waals surface area contributed by atoms with Crippen molar-refractivity contribution in [2.75, 3.05) is 19.6 Å². The molecule has 8 heteroatoms. The highest BCUT2D eigenvalue weighted by atomic mass is 31.2. The third kappa shape index (κ3) is 11.9. The van der Waals surface area contributed by atoms with E-state index in [-0.39, 0.29) is 0 Å². The number of hydrogen-bond donors (Lipinski definition) is 5. The van der Waals surface area contributed by atoms with Gasteiger partial charge in [0, 0.05) is 0 Å². The molecule has 0 aliphatic rings. The van der Waals surface area contributed by atoms with Crippen LogP contribution < -0.4 is 16.8 Å². The van der Waals surface area contributed by atoms with Crippen molar-refractivity contribution in [2.45, 2.75) is 25.5 Å². The van der Waals surface area contributed by atoms with Crippen LogP contribution in [0.25, 0.3) is 0 Å². The smallest absolute Gasteiger partial charge is 0.330 e. The lowest BCUT2D eigenvalue weighted by molar-refractivity contribution is 0.131. The van der Waals surface area contributed by atoms with Gasteiger partial charge in [-0.3, -0.25) is 4.52 Å². The first-order valence-corrected chi connectivity index (χ1v) is 6.39. The molecule has 1 unspecified atom stereocenters. The molecule has 0 amide bonds. The third-order valence-corrected chi connectivity index (χ3v) is 2.23. The molecule has 7 N–H and O–H groups in total. The van der Waals surface area contributed by atoms with Gasteiger partial charge in [-0.15, -0.1) is 0 Å². The van der Waals surface area contributed by atoms with Gasteiger partial charge in [-0.2, -0.15) is 0 Å². The minimum Gasteiger partial charge on any atom is -0.330 e. The van der Waals surface area contributed by atoms with E-state index in [1.54, 1.807) is 0 Å². The predicted molar refractivity (Wildman–Crippen MR) is 56.9 cm³/mol. The van der Waals surface area contributed by atoms with Crippen molar-refractivity contribution >= 4 is 7.82 Å². The van der Waals surface area contributed by atoms with Crippen LogP contribution in [0.4, 0.5) is 0 Å². The number of nitrogens with two attached hydrogens (primary N) is 2. The Labute approximate surface area is 89.4 Å². The van der Waals surface area contributed by atoms with Gasteiger partial charge in [-0.25, -0.2) is 4.57 Å². The lowest BCUT2D eigenvalue weighted by Crippen LogP contribution is -2.28. The van der Waals surface area contributed by atoms with Gasteiger partial charge in [0.05, 0.1) is 0 Å². The van der Waals surface area contributed by atoms with Crippen LogP contribution in [-0.2, 0) is 9.09 Å². The van der Waals surface area contributed by atoms with E-state index in [0.29, 0.717) is 19.5 Å². The fraction of sp³-hybridized carbons (Fsp3) is 1.00. The summed E-state index contributed by atoms with van der Waals surface area (Å²) in [6.07, 6.45) is 1.35. The maximum atomic E-state index is 10.4. The molecule has 0 rings (SSSR count). The van der Waals surface area contributed by atoms with Gasteiger partial charge in [0.2, 0.25) is 0 Å². The molecule has 0 aliphatic carbocycles. The largest absolute Gasteiger partial charge is 0.471 e. The van der Waals surface area contributed by atoms with E-state index in [1.165, 1.54) is 0 Å². The van der Waals surface area contributed by atoms with Crippen molar-refractivity contribution in [2.24, 2.45) is 11.5 Å². The Balaban J connectivity index is 3.32. The van der Waals surface area contributed by atoms with Gasteiger partial charge >= 0.3 is 7.82 Å². The van der Waals surface area contributed by atoms with E-state index in [2.05, 4.69) is 9.84 Å². The molecule has 0 saturated heterocycles. The number of phosphoric ester groups is 1. The molecule has 0 radical (unpaired) electrons. The van der Waals surface area contributed by atoms with Gasteiger partial charge in [0.15, 0.2) is 0 Å². The molecule has 92 valence electrons. The lowest BCUT2D eigenvalue weighted by Gasteiger charge is -2.13. The molecular formula is C7H20N3O4P. The van der Waals surface area contributed by atoms with Crippen molar-refractivity contribution in [3.05, 3.63) is 0 Å². The van der Waals surface area contributed by atoms with Gasteiger partial charge < -0.3 is 26.6 Å². The quantitative estimate of drug-likeness (QED) is 0.201. The van der Waals surface area contributed by atoms with E-state index in [9.17, 15) is 4.57 Å². The summed E-state index contributed by atoms with van der Waals surface area (Å²) in [5, 5.41) is 3.07. The fourth-order valence-electron chi connectivity index (χ4n) is 0.993. The van der Waals surface area contributed by atoms with Crippen LogP contribution in [-0.4, -0.2) is 35.6 Å². The fourth-order valence-corrected chi connectivity index (χ4v) is 1.45. The normalized spacial score (nSPS) is 14.1. The van der Waals surface area contributed by atoms with Gasteiger partial charge in [0.25, 0.3) is 0 Å². The second-order valence-electron chi connectivity index (χ2n) is 3.17. The number of hydrogen-bond acceptors (Lipinski definition) is 5. The highest BCUT2D eigenvalue weighted by molar-refractivity contribution is 7.46. The Morgan fingerprint density at radius 3 is 2.53 bits per heavy atom. The second-order valence-corrected chi connectivity index (χ2v) is 4.36. The Morgan fingerprint density at radius 2 is 2.00 bits per heavy atom. The maximum Gasteiger partial charge on any atom is 0.471 e. The zero-order valence-corrected chi connectivity index (χ0v) is 9.53. The van der Waals surface area contributed by atoms with Crippen LogP contribution in [0.15, 0.2) is 0 Å². The molecule has 0 fully saturated rings. The number of unbranched alkanes of at least 4 members (excludes halogenated alkanes) is 1. The summed E-state index contributed by atoms with van der Waals surface area (Å²) >= 11 is 0. The third-order valence-electron chi connectivity index (χ3n) is 1.69. The second kappa shape index (κ2) is 8.18. The molecule has 7 nitrogen and oxygen atoms in total. The van der Waals surface area contributed by atoms with Crippen LogP contribution >= 0.6 is 7.82 Å². The van der Waals surface area contributed by atoms with Gasteiger partial charge in [-0.1, -0.05) is 0 Å². The van der Waals surface area contributed by atoms with Crippen molar-refractivity contribution in [1.29, 1.82) is 0 Å². The van der Waals surface area contributed by atoms with Crippen molar-refractivity contribution in [1.82, 2.24) is 5.32 Å². The molecule has 0 saturated carbocycles. The highest BCUT2D eigenvalue weighted by Crippen LogP contribution is 2.36. The first-order valence-electron chi connectivity index (χ1n) is 4.86. The van der Waals surface area contributed by atoms with E-state index < -0.39 is 14.1 Å². The summed E-state index contributed by atoms with van der Waals surface area (Å²) in [5.74, 6) is 0. The topological polar surface area (TPSA) is 131 Å². The summed E-state index contributed by atoms with van der Waals surface area (Å²) in [6.45, 7) is 2.05. The monoisotopic (exact) mass is 241 g/mol. The van der Waals surface area contributed by atoms with E-state index >= 15 is 0 Å². The molecule has 15 heavy (non-hydrogen) atoms. The zero-order chi connectivity index (χ0) is 11.7. The molecule has 0 heterocycles. The summed E-state index contributed by atoms with van der Waals surface area (Å²) in [5.41, 5.74) is 10.6. The average molecular weight is 241 g/mol. The van der Waals surface area contributed by atoms with E-state index in [0.717, 1.165) is 19.4 Å².